The van der Waals surface area contributed by atoms with Gasteiger partial charge >= 0.3 is 0 Å². The summed E-state index contributed by atoms with van der Waals surface area (Å²) < 4.78 is 7.26. The molecular weight excluding hydrogens is 426 g/mol. The summed E-state index contributed by atoms with van der Waals surface area (Å²) in [5.41, 5.74) is 2.66. The Kier molecular flexibility index (Phi) is 4.84. The van der Waals surface area contributed by atoms with Crippen molar-refractivity contribution in [3.05, 3.63) is 42.9 Å². The first-order valence-corrected chi connectivity index (χ1v) is 10.9. The average Bonchev–Trinajstić information content (AvgIpc) is 3.47. The fraction of sp³-hybridized carbons (Fsp3) is 0.364. The van der Waals surface area contributed by atoms with Crippen molar-refractivity contribution in [2.75, 3.05) is 17.2 Å². The third kappa shape index (κ3) is 3.64. The molecule has 0 amide bonds. The van der Waals surface area contributed by atoms with Gasteiger partial charge < -0.3 is 30.7 Å². The lowest BCUT2D eigenvalue weighted by atomic mass is 10.1. The Morgan fingerprint density at radius 1 is 1.09 bits per heavy atom. The molecular formula is C22H23N7O4. The van der Waals surface area contributed by atoms with Crippen LogP contribution in [0.2, 0.25) is 0 Å². The molecule has 5 N–H and O–H groups in total. The lowest BCUT2D eigenvalue weighted by Crippen LogP contribution is -2.33. The summed E-state index contributed by atoms with van der Waals surface area (Å²) in [7, 11) is 0. The number of nitrogens with one attached hydrogen (secondary N) is 2. The summed E-state index contributed by atoms with van der Waals surface area (Å²) in [5.74, 6) is 0.931. The number of pyridine rings is 1. The van der Waals surface area contributed by atoms with Gasteiger partial charge in [-0.15, -0.1) is 0 Å². The Hall–Kier alpha value is -3.38. The smallest absolute Gasteiger partial charge is 0.231 e. The van der Waals surface area contributed by atoms with Crippen molar-refractivity contribution in [1.82, 2.24) is 24.5 Å². The Balaban J connectivity index is 1.40. The molecule has 1 aromatic carbocycles. The third-order valence-electron chi connectivity index (χ3n) is 5.99. The van der Waals surface area contributed by atoms with E-state index in [-0.39, 0.29) is 0 Å². The molecule has 2 aliphatic rings. The van der Waals surface area contributed by atoms with Gasteiger partial charge in [0, 0.05) is 23.3 Å². The fourth-order valence-electron chi connectivity index (χ4n) is 4.07. The van der Waals surface area contributed by atoms with Gasteiger partial charge in [-0.2, -0.15) is 9.97 Å². The molecule has 1 aliphatic carbocycles. The Morgan fingerprint density at radius 2 is 1.97 bits per heavy atom. The molecule has 6 rings (SSSR count). The van der Waals surface area contributed by atoms with Crippen LogP contribution in [-0.4, -0.2) is 70.8 Å². The summed E-state index contributed by atoms with van der Waals surface area (Å²) in [4.78, 5) is 18.1. The molecule has 4 heterocycles. The Morgan fingerprint density at radius 3 is 2.76 bits per heavy atom. The van der Waals surface area contributed by atoms with Gasteiger partial charge in [0.1, 0.15) is 18.3 Å². The molecule has 11 heteroatoms. The molecule has 1 saturated carbocycles. The van der Waals surface area contributed by atoms with Crippen LogP contribution < -0.4 is 10.6 Å². The lowest BCUT2D eigenvalue weighted by molar-refractivity contribution is -0.0511. The molecule has 0 radical (unpaired) electrons. The second-order valence-corrected chi connectivity index (χ2v) is 8.40. The molecule has 170 valence electrons. The zero-order valence-electron chi connectivity index (χ0n) is 17.5. The van der Waals surface area contributed by atoms with E-state index in [0.717, 1.165) is 29.4 Å². The number of benzene rings is 1. The summed E-state index contributed by atoms with van der Waals surface area (Å²) in [6, 6.07) is 9.98. The number of hydrogen-bond donors (Lipinski definition) is 5. The molecule has 0 spiro atoms. The molecule has 2 fully saturated rings. The first-order valence-electron chi connectivity index (χ1n) is 10.9. The molecule has 4 unspecified atom stereocenters. The van der Waals surface area contributed by atoms with Crippen LogP contribution in [0.15, 0.2) is 42.9 Å². The molecule has 4 aromatic rings. The molecule has 0 bridgehead atoms. The molecule has 1 saturated heterocycles. The number of anilines is 3. The number of imidazole rings is 1. The summed E-state index contributed by atoms with van der Waals surface area (Å²) in [5, 5.41) is 37.8. The highest BCUT2D eigenvalue weighted by molar-refractivity contribution is 5.86. The highest BCUT2D eigenvalue weighted by atomic mass is 16.6. The number of hydrogen-bond acceptors (Lipinski definition) is 10. The van der Waals surface area contributed by atoms with Gasteiger partial charge in [-0.3, -0.25) is 9.55 Å². The largest absolute Gasteiger partial charge is 0.394 e. The predicted molar refractivity (Wildman–Crippen MR) is 120 cm³/mol. The standard InChI is InChI=1S/C22H23N7O4/c30-9-15-17(31)18(32)21(33-15)29-10-24-16-19(25-12-3-4-12)27-22(28-20(16)29)26-13-5-6-14-11(8-13)2-1-7-23-14/h1-2,5-8,10,12,15,17-18,21,30-32H,3-4,9H2,(H2,25,26,27,28). The van der Waals surface area contributed by atoms with E-state index in [0.29, 0.717) is 29.0 Å². The first kappa shape index (κ1) is 20.2. The number of aliphatic hydroxyl groups excluding tert-OH is 3. The highest BCUT2D eigenvalue weighted by Gasteiger charge is 2.44. The van der Waals surface area contributed by atoms with E-state index in [1.54, 1.807) is 10.8 Å². The van der Waals surface area contributed by atoms with Crippen molar-refractivity contribution in [2.45, 2.75) is 43.4 Å². The second-order valence-electron chi connectivity index (χ2n) is 8.40. The van der Waals surface area contributed by atoms with Crippen LogP contribution in [-0.2, 0) is 4.74 Å². The van der Waals surface area contributed by atoms with E-state index < -0.39 is 31.1 Å². The predicted octanol–water partition coefficient (Wildman–Crippen LogP) is 1.30. The maximum Gasteiger partial charge on any atom is 0.231 e. The number of aliphatic hydroxyl groups is 3. The maximum atomic E-state index is 10.5. The van der Waals surface area contributed by atoms with Gasteiger partial charge in [-0.25, -0.2) is 4.98 Å². The van der Waals surface area contributed by atoms with Crippen LogP contribution in [0.1, 0.15) is 19.1 Å². The van der Waals surface area contributed by atoms with Crippen LogP contribution in [0.5, 0.6) is 0 Å². The van der Waals surface area contributed by atoms with E-state index in [2.05, 4.69) is 30.6 Å². The van der Waals surface area contributed by atoms with Gasteiger partial charge in [0.15, 0.2) is 23.2 Å². The Labute approximate surface area is 188 Å². The minimum Gasteiger partial charge on any atom is -0.394 e. The summed E-state index contributed by atoms with van der Waals surface area (Å²) in [6.07, 6.45) is 1.08. The van der Waals surface area contributed by atoms with Crippen LogP contribution in [0.25, 0.3) is 22.1 Å². The first-order chi connectivity index (χ1) is 16.1. The van der Waals surface area contributed by atoms with Crippen molar-refractivity contribution in [1.29, 1.82) is 0 Å². The highest BCUT2D eigenvalue weighted by Crippen LogP contribution is 2.34. The molecule has 1 aliphatic heterocycles. The normalized spacial score (nSPS) is 25.1. The van der Waals surface area contributed by atoms with Crippen molar-refractivity contribution in [3.63, 3.8) is 0 Å². The monoisotopic (exact) mass is 449 g/mol. The number of nitrogens with zero attached hydrogens (tertiary/aromatic N) is 5. The van der Waals surface area contributed by atoms with E-state index in [1.807, 2.05) is 30.3 Å². The number of fused-ring (bicyclic) bond motifs is 2. The summed E-state index contributed by atoms with van der Waals surface area (Å²) >= 11 is 0. The Bertz CT molecular complexity index is 1320. The van der Waals surface area contributed by atoms with E-state index in [9.17, 15) is 15.3 Å². The van der Waals surface area contributed by atoms with Gasteiger partial charge in [0.2, 0.25) is 5.95 Å². The van der Waals surface area contributed by atoms with E-state index in [4.69, 9.17) is 4.74 Å². The van der Waals surface area contributed by atoms with Gasteiger partial charge in [0.05, 0.1) is 18.5 Å². The SMILES string of the molecule is OCC1OC(n2cnc3c(NC4CC4)nc(Nc4ccc5ncccc5c4)nc32)C(O)C1O. The van der Waals surface area contributed by atoms with Crippen LogP contribution >= 0.6 is 0 Å². The van der Waals surface area contributed by atoms with Crippen LogP contribution in [0.3, 0.4) is 0 Å². The van der Waals surface area contributed by atoms with Crippen molar-refractivity contribution < 1.29 is 20.1 Å². The van der Waals surface area contributed by atoms with Gasteiger partial charge in [-0.1, -0.05) is 6.07 Å². The molecule has 33 heavy (non-hydrogen) atoms. The second kappa shape index (κ2) is 7.89. The summed E-state index contributed by atoms with van der Waals surface area (Å²) in [6.45, 7) is -0.408. The minimum absolute atomic E-state index is 0.335. The van der Waals surface area contributed by atoms with Crippen molar-refractivity contribution in [2.24, 2.45) is 0 Å². The third-order valence-corrected chi connectivity index (χ3v) is 5.99. The molecule has 11 nitrogen and oxygen atoms in total. The minimum atomic E-state index is -1.24. The average molecular weight is 449 g/mol. The van der Waals surface area contributed by atoms with Crippen molar-refractivity contribution in [3.8, 4) is 0 Å². The number of ether oxygens (including phenoxy) is 1. The zero-order chi connectivity index (χ0) is 22.5. The number of aromatic nitrogens is 5. The van der Waals surface area contributed by atoms with Crippen LogP contribution in [0.4, 0.5) is 17.5 Å². The lowest BCUT2D eigenvalue weighted by Gasteiger charge is -2.17. The van der Waals surface area contributed by atoms with Gasteiger partial charge in [0.25, 0.3) is 0 Å². The zero-order valence-corrected chi connectivity index (χ0v) is 17.5. The molecule has 3 aromatic heterocycles. The van der Waals surface area contributed by atoms with Crippen molar-refractivity contribution >= 4 is 39.5 Å². The fourth-order valence-corrected chi connectivity index (χ4v) is 4.07. The van der Waals surface area contributed by atoms with Crippen LogP contribution in [0, 0.1) is 0 Å². The quantitative estimate of drug-likeness (QED) is 0.291. The topological polar surface area (TPSA) is 150 Å². The molecule has 4 atom stereocenters. The number of rotatable bonds is 6. The maximum absolute atomic E-state index is 10.5. The van der Waals surface area contributed by atoms with E-state index >= 15 is 0 Å². The van der Waals surface area contributed by atoms with Gasteiger partial charge in [-0.05, 0) is 37.1 Å². The van der Waals surface area contributed by atoms with E-state index in [1.165, 1.54) is 6.33 Å².